The van der Waals surface area contributed by atoms with Gasteiger partial charge >= 0.3 is 12.3 Å². The molecular formula is C25H32F3NO6S2. The van der Waals surface area contributed by atoms with Crippen molar-refractivity contribution in [3.63, 3.8) is 0 Å². The Hall–Kier alpha value is -2.44. The second-order valence-electron chi connectivity index (χ2n) is 8.30. The highest BCUT2D eigenvalue weighted by atomic mass is 32.2. The summed E-state index contributed by atoms with van der Waals surface area (Å²) in [5.41, 5.74) is 1.17. The van der Waals surface area contributed by atoms with Crippen molar-refractivity contribution in [2.75, 3.05) is 31.2 Å². The number of unbranched alkanes of at least 4 members (excludes halogenated alkanes) is 1. The van der Waals surface area contributed by atoms with Crippen LogP contribution in [-0.2, 0) is 21.1 Å². The number of carbonyl (C=O) groups is 1. The molecule has 0 fully saturated rings. The van der Waals surface area contributed by atoms with Crippen molar-refractivity contribution in [2.45, 2.75) is 55.7 Å². The molecule has 2 N–H and O–H groups in total. The van der Waals surface area contributed by atoms with Crippen LogP contribution in [0, 0.1) is 6.92 Å². The number of ether oxygens (including phenoxy) is 2. The monoisotopic (exact) mass is 563 g/mol. The minimum Gasteiger partial charge on any atom is -0.482 e. The fourth-order valence-corrected chi connectivity index (χ4v) is 5.98. The molecule has 37 heavy (non-hydrogen) atoms. The molecule has 0 unspecified atom stereocenters. The van der Waals surface area contributed by atoms with Crippen molar-refractivity contribution >= 4 is 27.6 Å². The molecule has 2 rings (SSSR count). The topological polar surface area (TPSA) is 102 Å². The predicted octanol–water partition coefficient (Wildman–Crippen LogP) is 5.25. The van der Waals surface area contributed by atoms with Crippen LogP contribution in [0.3, 0.4) is 0 Å². The second kappa shape index (κ2) is 14.5. The van der Waals surface area contributed by atoms with Crippen LogP contribution < -0.4 is 14.8 Å². The maximum atomic E-state index is 12.9. The van der Waals surface area contributed by atoms with Gasteiger partial charge in [-0.25, -0.2) is 13.2 Å². The van der Waals surface area contributed by atoms with E-state index in [2.05, 4.69) is 10.1 Å². The summed E-state index contributed by atoms with van der Waals surface area (Å²) in [7, 11) is -3.67. The van der Waals surface area contributed by atoms with Crippen molar-refractivity contribution in [2.24, 2.45) is 0 Å². The van der Waals surface area contributed by atoms with E-state index in [1.807, 2.05) is 26.0 Å². The fourth-order valence-electron chi connectivity index (χ4n) is 3.50. The third kappa shape index (κ3) is 11.2. The molecular weight excluding hydrogens is 531 g/mol. The first-order valence-corrected chi connectivity index (χ1v) is 14.4. The van der Waals surface area contributed by atoms with Crippen LogP contribution in [0.2, 0.25) is 0 Å². The Morgan fingerprint density at radius 1 is 1.11 bits per heavy atom. The number of rotatable bonds is 16. The lowest BCUT2D eigenvalue weighted by atomic mass is 10.1. The molecule has 0 heterocycles. The van der Waals surface area contributed by atoms with E-state index >= 15 is 0 Å². The number of thioether (sulfide) groups is 1. The molecule has 0 spiro atoms. The summed E-state index contributed by atoms with van der Waals surface area (Å²) in [5.74, 6) is -0.325. The standard InChI is InChI=1S/C25H32F3NO6S2/c1-3-4-6-19-16-20(35-25(26,27)28)7-10-23(19)37(32,33)14-5-11-29-12-13-36-21-8-9-22(18(2)15-21)34-17-24(30)31/h7-10,15-16,29H,3-6,11-14,17H2,1-2H3,(H,30,31). The molecule has 0 saturated carbocycles. The molecule has 0 aliphatic heterocycles. The van der Waals surface area contributed by atoms with E-state index in [-0.39, 0.29) is 10.6 Å². The first-order valence-electron chi connectivity index (χ1n) is 11.8. The summed E-state index contributed by atoms with van der Waals surface area (Å²) >= 11 is 1.60. The van der Waals surface area contributed by atoms with Gasteiger partial charge in [-0.2, -0.15) is 0 Å². The van der Waals surface area contributed by atoms with Crippen molar-refractivity contribution in [1.82, 2.24) is 5.32 Å². The zero-order chi connectivity index (χ0) is 27.5. The lowest BCUT2D eigenvalue weighted by Crippen LogP contribution is -2.21. The Kier molecular flexibility index (Phi) is 12.1. The number of alkyl halides is 3. The molecule has 0 saturated heterocycles. The quantitative estimate of drug-likeness (QED) is 0.211. The minimum atomic E-state index is -4.84. The minimum absolute atomic E-state index is 0.0529. The van der Waals surface area contributed by atoms with Crippen LogP contribution in [0.5, 0.6) is 11.5 Å². The first kappa shape index (κ1) is 30.8. The average molecular weight is 564 g/mol. The second-order valence-corrected chi connectivity index (χ2v) is 11.5. The summed E-state index contributed by atoms with van der Waals surface area (Å²) in [6.45, 7) is 4.48. The molecule has 7 nitrogen and oxygen atoms in total. The number of sulfone groups is 1. The Labute approximate surface area is 219 Å². The Bertz CT molecular complexity index is 1140. The summed E-state index contributed by atoms with van der Waals surface area (Å²) < 4.78 is 72.6. The van der Waals surface area contributed by atoms with E-state index in [0.29, 0.717) is 43.7 Å². The SMILES string of the molecule is CCCCc1cc(OC(F)(F)F)ccc1S(=O)(=O)CCCNCCSc1ccc(OCC(=O)O)c(C)c1. The smallest absolute Gasteiger partial charge is 0.482 e. The van der Waals surface area contributed by atoms with E-state index in [4.69, 9.17) is 9.84 Å². The van der Waals surface area contributed by atoms with E-state index < -0.39 is 34.5 Å². The van der Waals surface area contributed by atoms with Gasteiger partial charge in [0.25, 0.3) is 0 Å². The van der Waals surface area contributed by atoms with Crippen LogP contribution in [0.25, 0.3) is 0 Å². The normalized spacial score (nSPS) is 11.9. The van der Waals surface area contributed by atoms with E-state index in [9.17, 15) is 26.4 Å². The average Bonchev–Trinajstić information content (AvgIpc) is 2.80. The molecule has 0 radical (unpaired) electrons. The van der Waals surface area contributed by atoms with Crippen LogP contribution in [-0.4, -0.2) is 57.1 Å². The van der Waals surface area contributed by atoms with Crippen LogP contribution in [0.15, 0.2) is 46.2 Å². The van der Waals surface area contributed by atoms with Gasteiger partial charge in [0, 0.05) is 17.2 Å². The highest BCUT2D eigenvalue weighted by Gasteiger charge is 2.31. The molecule has 0 atom stereocenters. The molecule has 2 aromatic carbocycles. The van der Waals surface area contributed by atoms with Gasteiger partial charge in [0.1, 0.15) is 11.5 Å². The molecule has 0 aliphatic carbocycles. The maximum Gasteiger partial charge on any atom is 0.573 e. The van der Waals surface area contributed by atoms with Crippen LogP contribution in [0.1, 0.15) is 37.3 Å². The van der Waals surface area contributed by atoms with Crippen molar-refractivity contribution in [3.8, 4) is 11.5 Å². The number of hydrogen-bond donors (Lipinski definition) is 2. The molecule has 12 heteroatoms. The van der Waals surface area contributed by atoms with Crippen molar-refractivity contribution in [3.05, 3.63) is 47.5 Å². The van der Waals surface area contributed by atoms with E-state index in [0.717, 1.165) is 34.8 Å². The number of aryl methyl sites for hydroxylation is 2. The summed E-state index contributed by atoms with van der Waals surface area (Å²) in [6, 6.07) is 8.90. The highest BCUT2D eigenvalue weighted by molar-refractivity contribution is 7.99. The van der Waals surface area contributed by atoms with Gasteiger partial charge < -0.3 is 19.9 Å². The molecule has 0 bridgehead atoms. The molecule has 2 aromatic rings. The highest BCUT2D eigenvalue weighted by Crippen LogP contribution is 2.29. The van der Waals surface area contributed by atoms with Crippen LogP contribution >= 0.6 is 11.8 Å². The third-order valence-corrected chi connectivity index (χ3v) is 8.10. The molecule has 0 amide bonds. The number of nitrogens with one attached hydrogen (secondary N) is 1. The summed E-state index contributed by atoms with van der Waals surface area (Å²) in [5, 5.41) is 11.9. The number of aliphatic carboxylic acids is 1. The van der Waals surface area contributed by atoms with Gasteiger partial charge in [0.15, 0.2) is 16.4 Å². The summed E-state index contributed by atoms with van der Waals surface area (Å²) in [4.78, 5) is 11.7. The van der Waals surface area contributed by atoms with E-state index in [1.54, 1.807) is 17.8 Å². The van der Waals surface area contributed by atoms with E-state index in [1.165, 1.54) is 6.07 Å². The van der Waals surface area contributed by atoms with Gasteiger partial charge in [0.2, 0.25) is 0 Å². The van der Waals surface area contributed by atoms with Crippen molar-refractivity contribution < 1.29 is 41.0 Å². The van der Waals surface area contributed by atoms with Gasteiger partial charge in [-0.1, -0.05) is 13.3 Å². The first-order chi connectivity index (χ1) is 17.4. The number of benzene rings is 2. The zero-order valence-electron chi connectivity index (χ0n) is 20.8. The van der Waals surface area contributed by atoms with Gasteiger partial charge in [0.05, 0.1) is 10.6 Å². The molecule has 0 aliphatic rings. The fraction of sp³-hybridized carbons (Fsp3) is 0.480. The molecule has 206 valence electrons. The maximum absolute atomic E-state index is 12.9. The largest absolute Gasteiger partial charge is 0.573 e. The lowest BCUT2D eigenvalue weighted by molar-refractivity contribution is -0.274. The van der Waals surface area contributed by atoms with Crippen molar-refractivity contribution in [1.29, 1.82) is 0 Å². The Balaban J connectivity index is 1.82. The van der Waals surface area contributed by atoms with Gasteiger partial charge in [-0.15, -0.1) is 24.9 Å². The number of halogens is 3. The predicted molar refractivity (Wildman–Crippen MR) is 136 cm³/mol. The Morgan fingerprint density at radius 3 is 2.51 bits per heavy atom. The number of hydrogen-bond acceptors (Lipinski definition) is 7. The molecule has 0 aromatic heterocycles. The van der Waals surface area contributed by atoms with Gasteiger partial charge in [-0.3, -0.25) is 0 Å². The van der Waals surface area contributed by atoms with Gasteiger partial charge in [-0.05, 0) is 80.3 Å². The lowest BCUT2D eigenvalue weighted by Gasteiger charge is -2.14. The van der Waals surface area contributed by atoms with Crippen LogP contribution in [0.4, 0.5) is 13.2 Å². The zero-order valence-corrected chi connectivity index (χ0v) is 22.4. The third-order valence-electron chi connectivity index (χ3n) is 5.21. The Morgan fingerprint density at radius 2 is 1.86 bits per heavy atom. The number of carboxylic acid groups (broad SMARTS) is 1. The summed E-state index contributed by atoms with van der Waals surface area (Å²) in [6.07, 6.45) is -2.72. The number of carboxylic acids is 1.